The van der Waals surface area contributed by atoms with Crippen LogP contribution >= 0.6 is 0 Å². The molecular weight excluding hydrogens is 358 g/mol. The van der Waals surface area contributed by atoms with E-state index in [-0.39, 0.29) is 37.9 Å². The number of nitrogens with one attached hydrogen (secondary N) is 1. The van der Waals surface area contributed by atoms with Crippen molar-refractivity contribution in [1.82, 2.24) is 15.1 Å². The van der Waals surface area contributed by atoms with Crippen molar-refractivity contribution in [2.45, 2.75) is 50.5 Å². The topological polar surface area (TPSA) is 73.2 Å². The summed E-state index contributed by atoms with van der Waals surface area (Å²) < 4.78 is 58.6. The fourth-order valence-corrected chi connectivity index (χ4v) is 4.20. The predicted octanol–water partition coefficient (Wildman–Crippen LogP) is 2.60. The van der Waals surface area contributed by atoms with Crippen LogP contribution in [0.3, 0.4) is 0 Å². The summed E-state index contributed by atoms with van der Waals surface area (Å²) in [6, 6.07) is 0. The number of carbonyl (C=O) groups is 2. The van der Waals surface area contributed by atoms with Crippen LogP contribution in [-0.2, 0) is 16.6 Å². The Morgan fingerprint density at radius 3 is 2.42 bits per heavy atom. The summed E-state index contributed by atoms with van der Waals surface area (Å²) in [6.07, 6.45) is -2.54. The molecule has 144 valence electrons. The average Bonchev–Trinajstić information content (AvgIpc) is 2.85. The first-order chi connectivity index (χ1) is 12.0. The van der Waals surface area contributed by atoms with Crippen LogP contribution in [0.2, 0.25) is 0 Å². The van der Waals surface area contributed by atoms with Crippen LogP contribution < -0.4 is 5.32 Å². The van der Waals surface area contributed by atoms with Crippen molar-refractivity contribution in [3.05, 3.63) is 17.5 Å². The maximum atomic E-state index is 13.2. The molecule has 1 N–H and O–H groups in total. The monoisotopic (exact) mass is 377 g/mol. The Hall–Kier alpha value is -2.13. The summed E-state index contributed by atoms with van der Waals surface area (Å²) in [6.45, 7) is 1.63. The van der Waals surface area contributed by atoms with Gasteiger partial charge in [0.25, 0.3) is 12.3 Å². The van der Waals surface area contributed by atoms with Gasteiger partial charge in [0.05, 0.1) is 12.2 Å². The van der Waals surface area contributed by atoms with Crippen molar-refractivity contribution in [3.63, 3.8) is 0 Å². The molecule has 0 unspecified atom stereocenters. The number of ether oxygens (including phenoxy) is 1. The zero-order valence-corrected chi connectivity index (χ0v) is 14.3. The van der Waals surface area contributed by atoms with Crippen LogP contribution in [0.4, 0.5) is 17.6 Å². The molecule has 0 saturated heterocycles. The van der Waals surface area contributed by atoms with Crippen molar-refractivity contribution in [1.29, 1.82) is 0 Å². The highest BCUT2D eigenvalue weighted by Crippen LogP contribution is 2.66. The number of aromatic nitrogens is 2. The summed E-state index contributed by atoms with van der Waals surface area (Å²) in [5.74, 6) is -4.41. The summed E-state index contributed by atoms with van der Waals surface area (Å²) in [5.41, 5.74) is -3.25. The van der Waals surface area contributed by atoms with Gasteiger partial charge in [-0.25, -0.2) is 22.4 Å². The molecule has 0 bridgehead atoms. The molecule has 0 aromatic carbocycles. The van der Waals surface area contributed by atoms with Crippen molar-refractivity contribution in [2.75, 3.05) is 6.61 Å². The van der Waals surface area contributed by atoms with Crippen molar-refractivity contribution in [2.24, 2.45) is 12.5 Å². The van der Waals surface area contributed by atoms with Gasteiger partial charge in [0.2, 0.25) is 5.92 Å². The smallest absolute Gasteiger partial charge is 0.331 e. The van der Waals surface area contributed by atoms with E-state index in [2.05, 4.69) is 10.4 Å². The molecule has 1 spiro atoms. The lowest BCUT2D eigenvalue weighted by molar-refractivity contribution is -0.222. The quantitative estimate of drug-likeness (QED) is 0.632. The number of hydrogen-bond donors (Lipinski definition) is 1. The molecule has 0 aliphatic heterocycles. The summed E-state index contributed by atoms with van der Waals surface area (Å²) >= 11 is 0. The van der Waals surface area contributed by atoms with E-state index in [0.29, 0.717) is 0 Å². The minimum absolute atomic E-state index is 0.00440. The van der Waals surface area contributed by atoms with E-state index in [1.165, 1.54) is 7.05 Å². The van der Waals surface area contributed by atoms with E-state index in [9.17, 15) is 27.2 Å². The lowest BCUT2D eigenvalue weighted by atomic mass is 9.47. The maximum Gasteiger partial charge on any atom is 0.331 e. The van der Waals surface area contributed by atoms with Gasteiger partial charge in [-0.15, -0.1) is 0 Å². The second-order valence-corrected chi connectivity index (χ2v) is 7.22. The Balaban J connectivity index is 1.80. The number of esters is 1. The maximum absolute atomic E-state index is 13.2. The van der Waals surface area contributed by atoms with Crippen molar-refractivity contribution < 1.29 is 31.9 Å². The highest BCUT2D eigenvalue weighted by Gasteiger charge is 2.70. The van der Waals surface area contributed by atoms with Crippen LogP contribution in [0, 0.1) is 5.41 Å². The van der Waals surface area contributed by atoms with Gasteiger partial charge in [-0.2, -0.15) is 5.10 Å². The number of carbonyl (C=O) groups excluding carboxylic acids is 2. The van der Waals surface area contributed by atoms with Gasteiger partial charge in [-0.3, -0.25) is 9.48 Å². The first kappa shape index (κ1) is 18.7. The second-order valence-electron chi connectivity index (χ2n) is 7.22. The molecular formula is C16H19F4N3O3. The number of rotatable bonds is 5. The lowest BCUT2D eigenvalue weighted by Crippen LogP contribution is -2.71. The molecule has 2 aliphatic carbocycles. The highest BCUT2D eigenvalue weighted by atomic mass is 19.3. The molecule has 2 aliphatic rings. The summed E-state index contributed by atoms with van der Waals surface area (Å²) in [5, 5.41) is 6.00. The van der Waals surface area contributed by atoms with E-state index in [1.54, 1.807) is 6.92 Å². The van der Waals surface area contributed by atoms with E-state index >= 15 is 0 Å². The Morgan fingerprint density at radius 1 is 1.31 bits per heavy atom. The number of alkyl halides is 4. The number of aryl methyl sites for hydroxylation is 1. The molecule has 1 aromatic rings. The van der Waals surface area contributed by atoms with Crippen LogP contribution in [0.5, 0.6) is 0 Å². The fraction of sp³-hybridized carbons (Fsp3) is 0.688. The van der Waals surface area contributed by atoms with Gasteiger partial charge in [-0.05, 0) is 25.2 Å². The minimum Gasteiger partial charge on any atom is -0.464 e. The minimum atomic E-state index is -2.96. The normalized spacial score (nSPS) is 21.8. The SMILES string of the molecule is CCOC(=O)C1(NC(=O)c2cn(C)nc2C(F)F)CC2(CC(F)(F)C2)C1. The van der Waals surface area contributed by atoms with Crippen LogP contribution in [-0.4, -0.2) is 39.7 Å². The van der Waals surface area contributed by atoms with Gasteiger partial charge in [0.1, 0.15) is 11.2 Å². The van der Waals surface area contributed by atoms with Crippen molar-refractivity contribution >= 4 is 11.9 Å². The first-order valence-electron chi connectivity index (χ1n) is 8.21. The molecule has 1 aromatic heterocycles. The Labute approximate surface area is 146 Å². The number of amides is 1. The molecule has 1 heterocycles. The number of halogens is 4. The van der Waals surface area contributed by atoms with E-state index in [4.69, 9.17) is 4.74 Å². The van der Waals surface area contributed by atoms with Crippen molar-refractivity contribution in [3.8, 4) is 0 Å². The second kappa shape index (κ2) is 5.95. The number of nitrogens with zero attached hydrogens (tertiary/aromatic N) is 2. The lowest BCUT2D eigenvalue weighted by Gasteiger charge is -2.61. The largest absolute Gasteiger partial charge is 0.464 e. The van der Waals surface area contributed by atoms with Gasteiger partial charge in [-0.1, -0.05) is 0 Å². The molecule has 0 radical (unpaired) electrons. The molecule has 6 nitrogen and oxygen atoms in total. The summed E-state index contributed by atoms with van der Waals surface area (Å²) in [7, 11) is 1.39. The third-order valence-electron chi connectivity index (χ3n) is 4.95. The predicted molar refractivity (Wildman–Crippen MR) is 80.8 cm³/mol. The Morgan fingerprint density at radius 2 is 1.92 bits per heavy atom. The highest BCUT2D eigenvalue weighted by molar-refractivity contribution is 5.99. The fourth-order valence-electron chi connectivity index (χ4n) is 4.20. The Kier molecular flexibility index (Phi) is 4.27. The molecule has 0 atom stereocenters. The van der Waals surface area contributed by atoms with E-state index in [0.717, 1.165) is 10.9 Å². The van der Waals surface area contributed by atoms with E-state index in [1.807, 2.05) is 0 Å². The van der Waals surface area contributed by atoms with Gasteiger partial charge in [0.15, 0.2) is 0 Å². The zero-order valence-electron chi connectivity index (χ0n) is 14.3. The molecule has 2 fully saturated rings. The van der Waals surface area contributed by atoms with Gasteiger partial charge < -0.3 is 10.1 Å². The third kappa shape index (κ3) is 3.05. The van der Waals surface area contributed by atoms with Crippen LogP contribution in [0.1, 0.15) is 55.1 Å². The average molecular weight is 377 g/mol. The summed E-state index contributed by atoms with van der Waals surface area (Å²) in [4.78, 5) is 24.8. The first-order valence-corrected chi connectivity index (χ1v) is 8.21. The van der Waals surface area contributed by atoms with Gasteiger partial charge in [0, 0.05) is 26.1 Å². The third-order valence-corrected chi connectivity index (χ3v) is 4.95. The van der Waals surface area contributed by atoms with Gasteiger partial charge >= 0.3 is 5.97 Å². The number of hydrogen-bond acceptors (Lipinski definition) is 4. The van der Waals surface area contributed by atoms with Crippen LogP contribution in [0.15, 0.2) is 6.20 Å². The van der Waals surface area contributed by atoms with Crippen LogP contribution in [0.25, 0.3) is 0 Å². The molecule has 26 heavy (non-hydrogen) atoms. The molecule has 3 rings (SSSR count). The molecule has 1 amide bonds. The molecule has 10 heteroatoms. The zero-order chi connectivity index (χ0) is 19.3. The van der Waals surface area contributed by atoms with E-state index < -0.39 is 40.9 Å². The standard InChI is InChI=1S/C16H19F4N3O3/c1-3-26-13(25)15(5-14(6-15)7-16(19,20)8-14)21-12(24)9-4-23(2)22-10(9)11(17)18/h4,11H,3,5-8H2,1-2H3,(H,21,24). The Bertz CT molecular complexity index is 731. The molecule has 2 saturated carbocycles.